The van der Waals surface area contributed by atoms with Crippen molar-refractivity contribution in [3.05, 3.63) is 59.7 Å². The first-order valence-corrected chi connectivity index (χ1v) is 12.1. The van der Waals surface area contributed by atoms with Crippen molar-refractivity contribution in [3.8, 4) is 11.1 Å². The lowest BCUT2D eigenvalue weighted by Crippen LogP contribution is -2.51. The lowest BCUT2D eigenvalue weighted by atomic mass is 9.83. The molecule has 180 valence electrons. The molecule has 2 aromatic rings. The lowest BCUT2D eigenvalue weighted by molar-refractivity contribution is -0.143. The molecular formula is C27H32N2O5. The molecule has 0 aliphatic heterocycles. The zero-order valence-electron chi connectivity index (χ0n) is 19.5. The Labute approximate surface area is 199 Å². The number of aliphatic carboxylic acids is 1. The molecule has 1 fully saturated rings. The first kappa shape index (κ1) is 23.8. The molecule has 3 atom stereocenters. The molecule has 0 radical (unpaired) electrons. The summed E-state index contributed by atoms with van der Waals surface area (Å²) in [5.74, 6) is -1.85. The van der Waals surface area contributed by atoms with E-state index in [0.29, 0.717) is 25.7 Å². The smallest absolute Gasteiger partial charge is 0.407 e. The van der Waals surface area contributed by atoms with Crippen molar-refractivity contribution in [3.63, 3.8) is 0 Å². The molecule has 0 saturated heterocycles. The van der Waals surface area contributed by atoms with Gasteiger partial charge in [0.1, 0.15) is 12.6 Å². The van der Waals surface area contributed by atoms with Crippen LogP contribution in [0.15, 0.2) is 48.5 Å². The van der Waals surface area contributed by atoms with Crippen LogP contribution in [0.3, 0.4) is 0 Å². The molecule has 3 N–H and O–H groups in total. The standard InChI is InChI=1S/C27H32N2O5/c1-2-9-24(26(31)32)28-25(30)21-14-7-8-15-23(21)29-27(33)34-16-22-19-12-5-3-10-17(19)18-11-4-6-13-20(18)22/h3-6,10-13,21-24H,2,7-9,14-16H2,1H3,(H,28,30)(H,29,33)(H,31,32)/t21?,23?,24-/m0/s1. The molecule has 4 rings (SSSR count). The van der Waals surface area contributed by atoms with E-state index in [4.69, 9.17) is 4.74 Å². The van der Waals surface area contributed by atoms with Gasteiger partial charge in [-0.1, -0.05) is 74.7 Å². The Morgan fingerprint density at radius 2 is 1.62 bits per heavy atom. The average molecular weight is 465 g/mol. The highest BCUT2D eigenvalue weighted by atomic mass is 16.5. The number of hydrogen-bond donors (Lipinski definition) is 3. The van der Waals surface area contributed by atoms with E-state index in [0.717, 1.165) is 35.1 Å². The van der Waals surface area contributed by atoms with Gasteiger partial charge in [0.05, 0.1) is 5.92 Å². The quantitative estimate of drug-likeness (QED) is 0.535. The van der Waals surface area contributed by atoms with Crippen molar-refractivity contribution in [2.75, 3.05) is 6.61 Å². The van der Waals surface area contributed by atoms with E-state index < -0.39 is 24.0 Å². The Balaban J connectivity index is 1.38. The summed E-state index contributed by atoms with van der Waals surface area (Å²) in [5, 5.41) is 14.9. The predicted octanol–water partition coefficient (Wildman–Crippen LogP) is 4.45. The van der Waals surface area contributed by atoms with Gasteiger partial charge in [0.25, 0.3) is 0 Å². The summed E-state index contributed by atoms with van der Waals surface area (Å²) in [6.07, 6.45) is 3.52. The highest BCUT2D eigenvalue weighted by molar-refractivity contribution is 5.86. The fraction of sp³-hybridized carbons (Fsp3) is 0.444. The number of carbonyl (C=O) groups excluding carboxylic acids is 2. The van der Waals surface area contributed by atoms with Gasteiger partial charge in [0.15, 0.2) is 0 Å². The van der Waals surface area contributed by atoms with Crippen LogP contribution in [0.5, 0.6) is 0 Å². The number of alkyl carbamates (subject to hydrolysis) is 1. The summed E-state index contributed by atoms with van der Waals surface area (Å²) in [6.45, 7) is 2.09. The Bertz CT molecular complexity index is 1010. The van der Waals surface area contributed by atoms with Crippen LogP contribution < -0.4 is 10.6 Å². The van der Waals surface area contributed by atoms with Crippen molar-refractivity contribution in [2.24, 2.45) is 5.92 Å². The second-order valence-corrected chi connectivity index (χ2v) is 9.16. The SMILES string of the molecule is CCC[C@H](NC(=O)C1CCCCC1NC(=O)OCC1c2ccccc2-c2ccccc21)C(=O)O. The number of ether oxygens (including phenoxy) is 1. The topological polar surface area (TPSA) is 105 Å². The minimum absolute atomic E-state index is 0.0334. The molecule has 2 aliphatic rings. The van der Waals surface area contributed by atoms with E-state index in [9.17, 15) is 19.5 Å². The number of benzene rings is 2. The van der Waals surface area contributed by atoms with Gasteiger partial charge in [0.2, 0.25) is 5.91 Å². The summed E-state index contributed by atoms with van der Waals surface area (Å²) in [6, 6.07) is 15.0. The van der Waals surface area contributed by atoms with Crippen LogP contribution in [0.25, 0.3) is 11.1 Å². The van der Waals surface area contributed by atoms with E-state index in [2.05, 4.69) is 34.9 Å². The lowest BCUT2D eigenvalue weighted by Gasteiger charge is -2.31. The summed E-state index contributed by atoms with van der Waals surface area (Å²) in [7, 11) is 0. The van der Waals surface area contributed by atoms with Gasteiger partial charge in [-0.05, 0) is 41.5 Å². The molecule has 7 heteroatoms. The monoisotopic (exact) mass is 464 g/mol. The van der Waals surface area contributed by atoms with Gasteiger partial charge in [-0.3, -0.25) is 4.79 Å². The van der Waals surface area contributed by atoms with Gasteiger partial charge < -0.3 is 20.5 Å². The zero-order valence-corrected chi connectivity index (χ0v) is 19.5. The molecule has 7 nitrogen and oxygen atoms in total. The molecule has 0 bridgehead atoms. The number of carboxylic acid groups (broad SMARTS) is 1. The maximum absolute atomic E-state index is 12.9. The van der Waals surface area contributed by atoms with Gasteiger partial charge in [-0.2, -0.15) is 0 Å². The third kappa shape index (κ3) is 5.08. The molecule has 1 saturated carbocycles. The summed E-state index contributed by atoms with van der Waals surface area (Å²) in [5.41, 5.74) is 4.61. The molecule has 0 heterocycles. The van der Waals surface area contributed by atoms with Crippen molar-refractivity contribution in [1.29, 1.82) is 0 Å². The first-order chi connectivity index (χ1) is 16.5. The van der Waals surface area contributed by atoms with Gasteiger partial charge in [-0.25, -0.2) is 9.59 Å². The van der Waals surface area contributed by atoms with Crippen molar-refractivity contribution in [2.45, 2.75) is 63.5 Å². The Morgan fingerprint density at radius 1 is 1.00 bits per heavy atom. The van der Waals surface area contributed by atoms with E-state index in [1.807, 2.05) is 31.2 Å². The van der Waals surface area contributed by atoms with E-state index in [1.165, 1.54) is 0 Å². The van der Waals surface area contributed by atoms with Gasteiger partial charge in [0, 0.05) is 12.0 Å². The number of carbonyl (C=O) groups is 3. The summed E-state index contributed by atoms with van der Waals surface area (Å²) < 4.78 is 5.65. The fourth-order valence-corrected chi connectivity index (χ4v) is 5.23. The molecule has 0 spiro atoms. The molecule has 2 aliphatic carbocycles. The van der Waals surface area contributed by atoms with Crippen LogP contribution in [0.4, 0.5) is 4.79 Å². The summed E-state index contributed by atoms with van der Waals surface area (Å²) >= 11 is 0. The van der Waals surface area contributed by atoms with E-state index in [-0.39, 0.29) is 24.5 Å². The molecule has 0 aromatic heterocycles. The second kappa shape index (κ2) is 10.7. The number of amides is 2. The molecule has 2 unspecified atom stereocenters. The third-order valence-electron chi connectivity index (χ3n) is 6.94. The van der Waals surface area contributed by atoms with Crippen LogP contribution >= 0.6 is 0 Å². The maximum Gasteiger partial charge on any atom is 0.407 e. The van der Waals surface area contributed by atoms with Gasteiger partial charge in [-0.15, -0.1) is 0 Å². The van der Waals surface area contributed by atoms with E-state index in [1.54, 1.807) is 0 Å². The number of carboxylic acids is 1. The average Bonchev–Trinajstić information content (AvgIpc) is 3.16. The zero-order chi connectivity index (χ0) is 24.1. The minimum Gasteiger partial charge on any atom is -0.480 e. The summed E-state index contributed by atoms with van der Waals surface area (Å²) in [4.78, 5) is 37.0. The second-order valence-electron chi connectivity index (χ2n) is 9.16. The van der Waals surface area contributed by atoms with Crippen molar-refractivity contribution < 1.29 is 24.2 Å². The van der Waals surface area contributed by atoms with Gasteiger partial charge >= 0.3 is 12.1 Å². The first-order valence-electron chi connectivity index (χ1n) is 12.1. The van der Waals surface area contributed by atoms with Crippen LogP contribution in [0.2, 0.25) is 0 Å². The molecular weight excluding hydrogens is 432 g/mol. The number of fused-ring (bicyclic) bond motifs is 3. The maximum atomic E-state index is 12.9. The Morgan fingerprint density at radius 3 is 2.24 bits per heavy atom. The predicted molar refractivity (Wildman–Crippen MR) is 128 cm³/mol. The van der Waals surface area contributed by atoms with Crippen LogP contribution in [-0.2, 0) is 14.3 Å². The minimum atomic E-state index is -1.04. The van der Waals surface area contributed by atoms with Crippen molar-refractivity contribution in [1.82, 2.24) is 10.6 Å². The van der Waals surface area contributed by atoms with E-state index >= 15 is 0 Å². The molecule has 34 heavy (non-hydrogen) atoms. The van der Waals surface area contributed by atoms with Crippen LogP contribution in [0.1, 0.15) is 62.5 Å². The molecule has 2 aromatic carbocycles. The third-order valence-corrected chi connectivity index (χ3v) is 6.94. The number of nitrogens with one attached hydrogen (secondary N) is 2. The van der Waals surface area contributed by atoms with Crippen molar-refractivity contribution >= 4 is 18.0 Å². The Kier molecular flexibility index (Phi) is 7.50. The number of rotatable bonds is 8. The molecule has 2 amide bonds. The highest BCUT2D eigenvalue weighted by Gasteiger charge is 2.35. The van der Waals surface area contributed by atoms with Crippen LogP contribution in [0, 0.1) is 5.92 Å². The fourth-order valence-electron chi connectivity index (χ4n) is 5.23. The normalized spacial score (nSPS) is 20.0. The largest absolute Gasteiger partial charge is 0.480 e. The highest BCUT2D eigenvalue weighted by Crippen LogP contribution is 2.44. The Hall–Kier alpha value is -3.35. The number of hydrogen-bond acceptors (Lipinski definition) is 4. The van der Waals surface area contributed by atoms with Crippen LogP contribution in [-0.4, -0.2) is 41.8 Å².